The average molecular weight is 460 g/mol. The molecule has 0 fully saturated rings. The lowest BCUT2D eigenvalue weighted by Crippen LogP contribution is -2.26. The molecule has 4 aromatic rings. The van der Waals surface area contributed by atoms with Crippen molar-refractivity contribution in [3.05, 3.63) is 137 Å². The lowest BCUT2D eigenvalue weighted by molar-refractivity contribution is 0.103. The third-order valence-corrected chi connectivity index (χ3v) is 6.23. The van der Waals surface area contributed by atoms with Gasteiger partial charge in [-0.05, 0) is 27.8 Å². The van der Waals surface area contributed by atoms with Crippen molar-refractivity contribution in [1.29, 1.82) is 0 Å². The molecular formula is C31H25NO3. The highest BCUT2D eigenvalue weighted by atomic mass is 16.5. The zero-order valence-corrected chi connectivity index (χ0v) is 19.2. The van der Waals surface area contributed by atoms with Gasteiger partial charge in [0.25, 0.3) is 0 Å². The molecule has 5 rings (SSSR count). The van der Waals surface area contributed by atoms with Gasteiger partial charge in [0.2, 0.25) is 0 Å². The highest BCUT2D eigenvalue weighted by Crippen LogP contribution is 2.44. The van der Waals surface area contributed by atoms with Crippen molar-refractivity contribution >= 4 is 18.0 Å². The average Bonchev–Trinajstić information content (AvgIpc) is 3.24. The van der Waals surface area contributed by atoms with Gasteiger partial charge in [0.05, 0.1) is 0 Å². The Kier molecular flexibility index (Phi) is 6.53. The Bertz CT molecular complexity index is 1330. The van der Waals surface area contributed by atoms with Gasteiger partial charge in [0.15, 0.2) is 5.78 Å². The second kappa shape index (κ2) is 10.2. The monoisotopic (exact) mass is 459 g/mol. The number of carbonyl (C=O) groups excluding carboxylic acids is 2. The molecule has 4 heteroatoms. The van der Waals surface area contributed by atoms with Crippen molar-refractivity contribution in [2.24, 2.45) is 0 Å². The highest BCUT2D eigenvalue weighted by molar-refractivity contribution is 6.09. The van der Waals surface area contributed by atoms with Crippen LogP contribution in [0.15, 0.2) is 109 Å². The van der Waals surface area contributed by atoms with Crippen LogP contribution >= 0.6 is 0 Å². The number of benzene rings is 4. The predicted octanol–water partition coefficient (Wildman–Crippen LogP) is 6.47. The van der Waals surface area contributed by atoms with Crippen molar-refractivity contribution in [2.75, 3.05) is 13.2 Å². The zero-order chi connectivity index (χ0) is 24.0. The minimum absolute atomic E-state index is 0.00180. The normalized spacial score (nSPS) is 12.2. The number of alkyl carbamates (subject to hydrolysis) is 1. The Hall–Kier alpha value is -4.44. The van der Waals surface area contributed by atoms with Crippen LogP contribution < -0.4 is 5.32 Å². The van der Waals surface area contributed by atoms with Crippen LogP contribution in [0.25, 0.3) is 17.2 Å². The summed E-state index contributed by atoms with van der Waals surface area (Å²) in [4.78, 5) is 24.8. The van der Waals surface area contributed by atoms with Gasteiger partial charge in [-0.1, -0.05) is 115 Å². The van der Waals surface area contributed by atoms with Gasteiger partial charge in [-0.3, -0.25) is 4.79 Å². The number of nitrogens with one attached hydrogen (secondary N) is 1. The van der Waals surface area contributed by atoms with E-state index in [1.54, 1.807) is 0 Å². The summed E-state index contributed by atoms with van der Waals surface area (Å²) >= 11 is 0. The van der Waals surface area contributed by atoms with E-state index in [0.717, 1.165) is 5.56 Å². The molecule has 0 aliphatic heterocycles. The highest BCUT2D eigenvalue weighted by Gasteiger charge is 2.28. The lowest BCUT2D eigenvalue weighted by Gasteiger charge is -2.14. The van der Waals surface area contributed by atoms with Crippen LogP contribution in [0.3, 0.4) is 0 Å². The summed E-state index contributed by atoms with van der Waals surface area (Å²) in [5.41, 5.74) is 7.05. The van der Waals surface area contributed by atoms with Gasteiger partial charge >= 0.3 is 6.09 Å². The summed E-state index contributed by atoms with van der Waals surface area (Å²) in [5.74, 6) is 0.0406. The van der Waals surface area contributed by atoms with E-state index in [1.807, 2.05) is 91.0 Å². The summed E-state index contributed by atoms with van der Waals surface area (Å²) in [6, 6.07) is 33.2. The molecule has 1 aliphatic rings. The molecule has 1 N–H and O–H groups in total. The molecule has 0 atom stereocenters. The van der Waals surface area contributed by atoms with Gasteiger partial charge in [-0.25, -0.2) is 4.79 Å². The molecule has 0 bridgehead atoms. The van der Waals surface area contributed by atoms with Crippen LogP contribution in [-0.4, -0.2) is 25.0 Å². The van der Waals surface area contributed by atoms with Crippen LogP contribution in [0.1, 0.15) is 38.5 Å². The predicted molar refractivity (Wildman–Crippen MR) is 138 cm³/mol. The Morgan fingerprint density at radius 1 is 0.714 bits per heavy atom. The van der Waals surface area contributed by atoms with E-state index in [-0.39, 0.29) is 11.7 Å². The maximum absolute atomic E-state index is 12.5. The molecule has 172 valence electrons. The number of carbonyl (C=O) groups is 2. The fraction of sp³-hybridized carbons (Fsp3) is 0.0968. The molecule has 0 radical (unpaired) electrons. The summed E-state index contributed by atoms with van der Waals surface area (Å²) in [5, 5.41) is 2.77. The third-order valence-electron chi connectivity index (χ3n) is 6.23. The molecular weight excluding hydrogens is 434 g/mol. The fourth-order valence-corrected chi connectivity index (χ4v) is 4.49. The topological polar surface area (TPSA) is 55.4 Å². The molecule has 35 heavy (non-hydrogen) atoms. The summed E-state index contributed by atoms with van der Waals surface area (Å²) in [6.07, 6.45) is 3.32. The van der Waals surface area contributed by atoms with E-state index < -0.39 is 6.09 Å². The smallest absolute Gasteiger partial charge is 0.407 e. The van der Waals surface area contributed by atoms with E-state index in [1.165, 1.54) is 22.3 Å². The number of amides is 1. The largest absolute Gasteiger partial charge is 0.449 e. The first kappa shape index (κ1) is 22.4. The van der Waals surface area contributed by atoms with Crippen LogP contribution in [-0.2, 0) is 4.74 Å². The van der Waals surface area contributed by atoms with E-state index in [2.05, 4.69) is 29.6 Å². The number of ether oxygens (including phenoxy) is 1. The maximum Gasteiger partial charge on any atom is 0.407 e. The van der Waals surface area contributed by atoms with Crippen LogP contribution in [0.2, 0.25) is 0 Å². The van der Waals surface area contributed by atoms with Crippen molar-refractivity contribution in [3.8, 4) is 11.1 Å². The van der Waals surface area contributed by atoms with Gasteiger partial charge in [0.1, 0.15) is 6.61 Å². The van der Waals surface area contributed by atoms with Crippen LogP contribution in [0.4, 0.5) is 4.79 Å². The van der Waals surface area contributed by atoms with Gasteiger partial charge in [0, 0.05) is 23.6 Å². The van der Waals surface area contributed by atoms with Crippen LogP contribution in [0.5, 0.6) is 0 Å². The molecule has 0 heterocycles. The third kappa shape index (κ3) is 4.92. The minimum atomic E-state index is -0.444. The fourth-order valence-electron chi connectivity index (χ4n) is 4.49. The van der Waals surface area contributed by atoms with Crippen molar-refractivity contribution < 1.29 is 14.3 Å². The number of hydrogen-bond acceptors (Lipinski definition) is 3. The maximum atomic E-state index is 12.5. The molecule has 1 aliphatic carbocycles. The van der Waals surface area contributed by atoms with Crippen molar-refractivity contribution in [2.45, 2.75) is 5.92 Å². The Balaban J connectivity index is 1.12. The van der Waals surface area contributed by atoms with E-state index in [4.69, 9.17) is 4.74 Å². The van der Waals surface area contributed by atoms with E-state index in [0.29, 0.717) is 24.3 Å². The molecule has 0 aromatic heterocycles. The molecule has 0 saturated carbocycles. The zero-order valence-electron chi connectivity index (χ0n) is 19.2. The lowest BCUT2D eigenvalue weighted by atomic mass is 9.98. The Morgan fingerprint density at radius 2 is 1.29 bits per heavy atom. The first-order chi connectivity index (χ1) is 17.2. The number of ketones is 1. The Labute approximate surface area is 204 Å². The number of hydrogen-bond donors (Lipinski definition) is 1. The minimum Gasteiger partial charge on any atom is -0.449 e. The van der Waals surface area contributed by atoms with Gasteiger partial charge in [-0.15, -0.1) is 0 Å². The molecule has 0 unspecified atom stereocenters. The second-order valence-electron chi connectivity index (χ2n) is 8.43. The quantitative estimate of drug-likeness (QED) is 0.322. The summed E-state index contributed by atoms with van der Waals surface area (Å²) in [6.45, 7) is 0.641. The number of fused-ring (bicyclic) bond motifs is 3. The SMILES string of the molecule is O=C(NCC=Cc1ccc(C(=O)c2ccccc2)cc1)OCC1c2ccccc2-c2ccccc21. The van der Waals surface area contributed by atoms with E-state index >= 15 is 0 Å². The molecule has 0 spiro atoms. The summed E-state index contributed by atoms with van der Waals surface area (Å²) in [7, 11) is 0. The molecule has 4 aromatic carbocycles. The number of rotatable bonds is 7. The standard InChI is InChI=1S/C31H25NO3/c33-30(23-10-2-1-3-11-23)24-18-16-22(17-19-24)9-8-20-32-31(34)35-21-29-27-14-6-4-12-25(27)26-13-5-7-15-28(26)29/h1-19,29H,20-21H2,(H,32,34). The van der Waals surface area contributed by atoms with Crippen LogP contribution in [0, 0.1) is 0 Å². The first-order valence-electron chi connectivity index (χ1n) is 11.7. The second-order valence-corrected chi connectivity index (χ2v) is 8.43. The van der Waals surface area contributed by atoms with Gasteiger partial charge < -0.3 is 10.1 Å². The van der Waals surface area contributed by atoms with E-state index in [9.17, 15) is 9.59 Å². The van der Waals surface area contributed by atoms with Gasteiger partial charge in [-0.2, -0.15) is 0 Å². The van der Waals surface area contributed by atoms with Crippen molar-refractivity contribution in [3.63, 3.8) is 0 Å². The first-order valence-corrected chi connectivity index (χ1v) is 11.7. The summed E-state index contributed by atoms with van der Waals surface area (Å²) < 4.78 is 5.55. The molecule has 0 saturated heterocycles. The molecule has 1 amide bonds. The van der Waals surface area contributed by atoms with Crippen molar-refractivity contribution in [1.82, 2.24) is 5.32 Å². The Morgan fingerprint density at radius 3 is 1.94 bits per heavy atom. The molecule has 4 nitrogen and oxygen atoms in total.